The van der Waals surface area contributed by atoms with Gasteiger partial charge in [0.25, 0.3) is 0 Å². The Balaban J connectivity index is 1.75. The number of likely N-dealkylation sites (tertiary alicyclic amines) is 1. The molecule has 3 unspecified atom stereocenters. The van der Waals surface area contributed by atoms with E-state index in [9.17, 15) is 0 Å². The van der Waals surface area contributed by atoms with E-state index in [1.165, 1.54) is 18.4 Å². The molecule has 1 aromatic rings. The summed E-state index contributed by atoms with van der Waals surface area (Å²) in [5.41, 5.74) is 7.07. The van der Waals surface area contributed by atoms with Gasteiger partial charge >= 0.3 is 0 Å². The summed E-state index contributed by atoms with van der Waals surface area (Å²) in [6, 6.07) is 2.29. The van der Waals surface area contributed by atoms with Crippen molar-refractivity contribution in [2.45, 2.75) is 31.1 Å². The lowest BCUT2D eigenvalue weighted by Gasteiger charge is -2.37. The number of fused-ring (bicyclic) bond motifs is 2. The minimum atomic E-state index is 0.283. The monoisotopic (exact) mass is 222 g/mol. The molecule has 0 saturated carbocycles. The second-order valence-electron chi connectivity index (χ2n) is 4.72. The van der Waals surface area contributed by atoms with Crippen LogP contribution in [0, 0.1) is 0 Å². The van der Waals surface area contributed by atoms with E-state index in [1.54, 1.807) is 12.5 Å². The SMILES string of the molecule is NCC(c1ccoc1)N1CC2CCC(C1)O2. The Morgan fingerprint density at radius 2 is 2.12 bits per heavy atom. The van der Waals surface area contributed by atoms with Gasteiger partial charge < -0.3 is 14.9 Å². The fourth-order valence-electron chi connectivity index (χ4n) is 2.86. The first kappa shape index (κ1) is 10.3. The molecule has 2 aliphatic rings. The van der Waals surface area contributed by atoms with E-state index in [2.05, 4.69) is 4.90 Å². The molecule has 0 radical (unpaired) electrons. The maximum absolute atomic E-state index is 5.88. The van der Waals surface area contributed by atoms with Gasteiger partial charge in [-0.1, -0.05) is 0 Å². The molecular weight excluding hydrogens is 204 g/mol. The van der Waals surface area contributed by atoms with Crippen molar-refractivity contribution in [3.8, 4) is 0 Å². The molecule has 1 aromatic heterocycles. The summed E-state index contributed by atoms with van der Waals surface area (Å²) in [6.45, 7) is 2.64. The van der Waals surface area contributed by atoms with Gasteiger partial charge in [-0.25, -0.2) is 0 Å². The largest absolute Gasteiger partial charge is 0.472 e. The van der Waals surface area contributed by atoms with Gasteiger partial charge in [-0.05, 0) is 18.9 Å². The summed E-state index contributed by atoms with van der Waals surface area (Å²) in [4.78, 5) is 2.44. The van der Waals surface area contributed by atoms with Gasteiger partial charge in [0.15, 0.2) is 0 Å². The number of nitrogens with zero attached hydrogens (tertiary/aromatic N) is 1. The van der Waals surface area contributed by atoms with Crippen molar-refractivity contribution >= 4 is 0 Å². The number of morpholine rings is 1. The zero-order chi connectivity index (χ0) is 11.0. The van der Waals surface area contributed by atoms with Crippen molar-refractivity contribution in [3.05, 3.63) is 24.2 Å². The molecule has 3 rings (SSSR count). The van der Waals surface area contributed by atoms with Crippen molar-refractivity contribution in [2.75, 3.05) is 19.6 Å². The Labute approximate surface area is 95.3 Å². The summed E-state index contributed by atoms with van der Waals surface area (Å²) in [5, 5.41) is 0. The highest BCUT2D eigenvalue weighted by molar-refractivity contribution is 5.13. The van der Waals surface area contributed by atoms with Crippen LogP contribution in [0.15, 0.2) is 23.0 Å². The van der Waals surface area contributed by atoms with E-state index in [-0.39, 0.29) is 6.04 Å². The molecule has 0 aliphatic carbocycles. The maximum atomic E-state index is 5.88. The van der Waals surface area contributed by atoms with Crippen LogP contribution in [-0.4, -0.2) is 36.7 Å². The topological polar surface area (TPSA) is 51.6 Å². The second-order valence-corrected chi connectivity index (χ2v) is 4.72. The third kappa shape index (κ3) is 1.77. The van der Waals surface area contributed by atoms with Crippen molar-refractivity contribution in [3.63, 3.8) is 0 Å². The average Bonchev–Trinajstić information content (AvgIpc) is 2.90. The minimum absolute atomic E-state index is 0.283. The van der Waals surface area contributed by atoms with Crippen LogP contribution in [0.1, 0.15) is 24.4 Å². The van der Waals surface area contributed by atoms with Crippen LogP contribution in [0.25, 0.3) is 0 Å². The third-order valence-corrected chi connectivity index (χ3v) is 3.66. The quantitative estimate of drug-likeness (QED) is 0.833. The van der Waals surface area contributed by atoms with Crippen LogP contribution in [0.4, 0.5) is 0 Å². The highest BCUT2D eigenvalue weighted by Crippen LogP contribution is 2.31. The zero-order valence-corrected chi connectivity index (χ0v) is 9.34. The minimum Gasteiger partial charge on any atom is -0.472 e. The molecule has 4 nitrogen and oxygen atoms in total. The summed E-state index contributed by atoms with van der Waals surface area (Å²) in [7, 11) is 0. The second kappa shape index (κ2) is 4.20. The van der Waals surface area contributed by atoms with E-state index in [0.29, 0.717) is 18.8 Å². The van der Waals surface area contributed by atoms with Crippen LogP contribution in [-0.2, 0) is 4.74 Å². The Kier molecular flexibility index (Phi) is 2.71. The normalized spacial score (nSPS) is 31.8. The first-order chi connectivity index (χ1) is 7.86. The molecule has 2 aliphatic heterocycles. The number of hydrogen-bond donors (Lipinski definition) is 1. The zero-order valence-electron chi connectivity index (χ0n) is 9.34. The number of rotatable bonds is 3. The molecule has 0 amide bonds. The van der Waals surface area contributed by atoms with Gasteiger partial charge in [0, 0.05) is 25.2 Å². The van der Waals surface area contributed by atoms with Crippen molar-refractivity contribution < 1.29 is 9.15 Å². The van der Waals surface area contributed by atoms with Crippen molar-refractivity contribution in [2.24, 2.45) is 5.73 Å². The Morgan fingerprint density at radius 3 is 2.69 bits per heavy atom. The fourth-order valence-corrected chi connectivity index (χ4v) is 2.86. The average molecular weight is 222 g/mol. The molecule has 88 valence electrons. The first-order valence-corrected chi connectivity index (χ1v) is 5.98. The molecule has 3 heterocycles. The van der Waals surface area contributed by atoms with E-state index in [4.69, 9.17) is 14.9 Å². The van der Waals surface area contributed by atoms with Crippen LogP contribution < -0.4 is 5.73 Å². The summed E-state index contributed by atoms with van der Waals surface area (Å²) >= 11 is 0. The third-order valence-electron chi connectivity index (χ3n) is 3.66. The summed E-state index contributed by atoms with van der Waals surface area (Å²) in [6.07, 6.45) is 6.75. The molecule has 2 N–H and O–H groups in total. The van der Waals surface area contributed by atoms with E-state index in [0.717, 1.165) is 13.1 Å². The molecule has 2 saturated heterocycles. The Bertz CT molecular complexity index is 327. The lowest BCUT2D eigenvalue weighted by Crippen LogP contribution is -2.46. The first-order valence-electron chi connectivity index (χ1n) is 5.98. The van der Waals surface area contributed by atoms with Gasteiger partial charge in [0.2, 0.25) is 0 Å². The molecular formula is C12H18N2O2. The number of furan rings is 1. The Morgan fingerprint density at radius 1 is 1.38 bits per heavy atom. The standard InChI is InChI=1S/C12H18N2O2/c13-5-12(9-3-4-15-8-9)14-6-10-1-2-11(7-14)16-10/h3-4,8,10-12H,1-2,5-7,13H2. The van der Waals surface area contributed by atoms with Gasteiger partial charge in [0.05, 0.1) is 30.8 Å². The van der Waals surface area contributed by atoms with Crippen LogP contribution in [0.2, 0.25) is 0 Å². The molecule has 0 aromatic carbocycles. The fraction of sp³-hybridized carbons (Fsp3) is 0.667. The van der Waals surface area contributed by atoms with E-state index in [1.807, 2.05) is 6.07 Å². The molecule has 0 spiro atoms. The lowest BCUT2D eigenvalue weighted by molar-refractivity contribution is -0.0521. The van der Waals surface area contributed by atoms with Gasteiger partial charge in [-0.15, -0.1) is 0 Å². The number of nitrogens with two attached hydrogens (primary N) is 1. The summed E-state index contributed by atoms with van der Waals surface area (Å²) in [5.74, 6) is 0. The predicted molar refractivity (Wildman–Crippen MR) is 60.0 cm³/mol. The maximum Gasteiger partial charge on any atom is 0.0950 e. The van der Waals surface area contributed by atoms with Gasteiger partial charge in [0.1, 0.15) is 0 Å². The van der Waals surface area contributed by atoms with Crippen LogP contribution in [0.3, 0.4) is 0 Å². The van der Waals surface area contributed by atoms with Crippen molar-refractivity contribution in [1.82, 2.24) is 4.90 Å². The Hall–Kier alpha value is -0.840. The molecule has 3 atom stereocenters. The van der Waals surface area contributed by atoms with Gasteiger partial charge in [-0.2, -0.15) is 0 Å². The van der Waals surface area contributed by atoms with E-state index >= 15 is 0 Å². The molecule has 4 heteroatoms. The van der Waals surface area contributed by atoms with Crippen LogP contribution >= 0.6 is 0 Å². The lowest BCUT2D eigenvalue weighted by atomic mass is 10.1. The molecule has 16 heavy (non-hydrogen) atoms. The highest BCUT2D eigenvalue weighted by Gasteiger charge is 2.36. The van der Waals surface area contributed by atoms with Crippen LogP contribution in [0.5, 0.6) is 0 Å². The van der Waals surface area contributed by atoms with Crippen molar-refractivity contribution in [1.29, 1.82) is 0 Å². The number of ether oxygens (including phenoxy) is 1. The van der Waals surface area contributed by atoms with Gasteiger partial charge in [-0.3, -0.25) is 4.90 Å². The molecule has 2 fully saturated rings. The predicted octanol–water partition coefficient (Wildman–Crippen LogP) is 1.14. The highest BCUT2D eigenvalue weighted by atomic mass is 16.5. The molecule has 2 bridgehead atoms. The smallest absolute Gasteiger partial charge is 0.0950 e. The van der Waals surface area contributed by atoms with E-state index < -0.39 is 0 Å². The summed E-state index contributed by atoms with van der Waals surface area (Å²) < 4.78 is 11.0. The number of hydrogen-bond acceptors (Lipinski definition) is 4.